The standard InChI is InChI=1S/C22H26N2O5/c1-2-27-18-8-10-19(11-9-18)28-16-21(25)23-17-12-14-24(15-13-17)22(26)29-20-6-4-3-5-7-20/h3-11,17H,2,12-16H2,1H3,(H,23,25). The number of ether oxygens (including phenoxy) is 3. The summed E-state index contributed by atoms with van der Waals surface area (Å²) in [4.78, 5) is 26.0. The molecule has 3 rings (SSSR count). The van der Waals surface area contributed by atoms with Crippen molar-refractivity contribution in [3.05, 3.63) is 54.6 Å². The Morgan fingerprint density at radius 2 is 1.55 bits per heavy atom. The second-order valence-electron chi connectivity index (χ2n) is 6.70. The number of benzene rings is 2. The van der Waals surface area contributed by atoms with Crippen molar-refractivity contribution in [3.63, 3.8) is 0 Å². The van der Waals surface area contributed by atoms with Gasteiger partial charge in [-0.1, -0.05) is 18.2 Å². The van der Waals surface area contributed by atoms with Gasteiger partial charge in [-0.15, -0.1) is 0 Å². The molecule has 0 atom stereocenters. The summed E-state index contributed by atoms with van der Waals surface area (Å²) in [6.07, 6.45) is 0.997. The molecule has 29 heavy (non-hydrogen) atoms. The summed E-state index contributed by atoms with van der Waals surface area (Å²) in [5, 5.41) is 2.96. The van der Waals surface area contributed by atoms with Crippen molar-refractivity contribution in [3.8, 4) is 17.2 Å². The molecule has 1 aliphatic rings. The predicted molar refractivity (Wildman–Crippen MR) is 108 cm³/mol. The molecule has 0 aromatic heterocycles. The Hall–Kier alpha value is -3.22. The van der Waals surface area contributed by atoms with Gasteiger partial charge >= 0.3 is 6.09 Å². The van der Waals surface area contributed by atoms with Gasteiger partial charge in [-0.3, -0.25) is 4.79 Å². The molecule has 2 amide bonds. The SMILES string of the molecule is CCOc1ccc(OCC(=O)NC2CCN(C(=O)Oc3ccccc3)CC2)cc1. The predicted octanol–water partition coefficient (Wildman–Crippen LogP) is 3.24. The third kappa shape index (κ3) is 6.41. The molecule has 1 aliphatic heterocycles. The van der Waals surface area contributed by atoms with E-state index < -0.39 is 0 Å². The second kappa shape index (κ2) is 10.4. The molecule has 1 fully saturated rings. The first-order valence-electron chi connectivity index (χ1n) is 9.81. The van der Waals surface area contributed by atoms with Gasteiger partial charge in [0, 0.05) is 19.1 Å². The van der Waals surface area contributed by atoms with Crippen molar-refractivity contribution in [2.24, 2.45) is 0 Å². The Kier molecular flexibility index (Phi) is 7.33. The maximum Gasteiger partial charge on any atom is 0.415 e. The number of hydrogen-bond acceptors (Lipinski definition) is 5. The van der Waals surface area contributed by atoms with E-state index in [0.717, 1.165) is 5.75 Å². The van der Waals surface area contributed by atoms with E-state index in [1.165, 1.54) is 0 Å². The molecule has 0 aliphatic carbocycles. The van der Waals surface area contributed by atoms with Crippen LogP contribution in [0.4, 0.5) is 4.79 Å². The van der Waals surface area contributed by atoms with Gasteiger partial charge in [-0.05, 0) is 56.2 Å². The smallest absolute Gasteiger partial charge is 0.415 e. The van der Waals surface area contributed by atoms with Crippen LogP contribution in [-0.2, 0) is 4.79 Å². The van der Waals surface area contributed by atoms with E-state index in [1.807, 2.05) is 25.1 Å². The molecule has 1 N–H and O–H groups in total. The monoisotopic (exact) mass is 398 g/mol. The number of carbonyl (C=O) groups is 2. The van der Waals surface area contributed by atoms with E-state index in [9.17, 15) is 9.59 Å². The fraction of sp³-hybridized carbons (Fsp3) is 0.364. The van der Waals surface area contributed by atoms with Crippen molar-refractivity contribution in [1.82, 2.24) is 10.2 Å². The van der Waals surface area contributed by atoms with Crippen LogP contribution >= 0.6 is 0 Å². The molecule has 0 spiro atoms. The van der Waals surface area contributed by atoms with Gasteiger partial charge in [0.1, 0.15) is 17.2 Å². The average Bonchev–Trinajstić information content (AvgIpc) is 2.75. The van der Waals surface area contributed by atoms with E-state index >= 15 is 0 Å². The molecule has 7 heteroatoms. The quantitative estimate of drug-likeness (QED) is 0.775. The number of para-hydroxylation sites is 1. The van der Waals surface area contributed by atoms with Gasteiger partial charge in [-0.25, -0.2) is 4.79 Å². The van der Waals surface area contributed by atoms with Gasteiger partial charge in [0.2, 0.25) is 0 Å². The van der Waals surface area contributed by atoms with Crippen molar-refractivity contribution < 1.29 is 23.8 Å². The number of likely N-dealkylation sites (tertiary alicyclic amines) is 1. The van der Waals surface area contributed by atoms with Crippen molar-refractivity contribution in [1.29, 1.82) is 0 Å². The average molecular weight is 398 g/mol. The first kappa shape index (κ1) is 20.5. The first-order valence-corrected chi connectivity index (χ1v) is 9.81. The number of nitrogens with zero attached hydrogens (tertiary/aromatic N) is 1. The molecule has 1 saturated heterocycles. The zero-order valence-electron chi connectivity index (χ0n) is 16.5. The summed E-state index contributed by atoms with van der Waals surface area (Å²) in [5.74, 6) is 1.73. The number of hydrogen-bond donors (Lipinski definition) is 1. The number of carbonyl (C=O) groups excluding carboxylic acids is 2. The van der Waals surface area contributed by atoms with Crippen LogP contribution in [0.1, 0.15) is 19.8 Å². The number of amides is 2. The Balaban J connectivity index is 1.36. The van der Waals surface area contributed by atoms with Crippen LogP contribution in [0.3, 0.4) is 0 Å². The zero-order valence-corrected chi connectivity index (χ0v) is 16.5. The van der Waals surface area contributed by atoms with Crippen LogP contribution in [-0.4, -0.2) is 49.2 Å². The Labute approximate surface area is 170 Å². The van der Waals surface area contributed by atoms with E-state index in [1.54, 1.807) is 41.3 Å². The second-order valence-corrected chi connectivity index (χ2v) is 6.70. The topological polar surface area (TPSA) is 77.1 Å². The zero-order chi connectivity index (χ0) is 20.5. The Morgan fingerprint density at radius 1 is 0.931 bits per heavy atom. The van der Waals surface area contributed by atoms with Gasteiger partial charge in [0.15, 0.2) is 6.61 Å². The molecule has 0 unspecified atom stereocenters. The summed E-state index contributed by atoms with van der Waals surface area (Å²) < 4.78 is 16.2. The van der Waals surface area contributed by atoms with Crippen LogP contribution in [0.2, 0.25) is 0 Å². The summed E-state index contributed by atoms with van der Waals surface area (Å²) >= 11 is 0. The number of nitrogens with one attached hydrogen (secondary N) is 1. The van der Waals surface area contributed by atoms with Gasteiger partial charge in [0.25, 0.3) is 5.91 Å². The lowest BCUT2D eigenvalue weighted by Crippen LogP contribution is -2.48. The molecule has 154 valence electrons. The first-order chi connectivity index (χ1) is 14.1. The minimum absolute atomic E-state index is 0.0206. The fourth-order valence-electron chi connectivity index (χ4n) is 3.08. The molecule has 0 saturated carbocycles. The minimum Gasteiger partial charge on any atom is -0.494 e. The molecular weight excluding hydrogens is 372 g/mol. The maximum absolute atomic E-state index is 12.2. The van der Waals surface area contributed by atoms with Crippen LogP contribution in [0.5, 0.6) is 17.2 Å². The highest BCUT2D eigenvalue weighted by Crippen LogP contribution is 2.18. The molecule has 2 aromatic carbocycles. The Bertz CT molecular complexity index is 787. The van der Waals surface area contributed by atoms with Gasteiger partial charge in [0.05, 0.1) is 6.61 Å². The van der Waals surface area contributed by atoms with E-state index in [4.69, 9.17) is 14.2 Å². The van der Waals surface area contributed by atoms with E-state index in [2.05, 4.69) is 5.32 Å². The highest BCUT2D eigenvalue weighted by molar-refractivity contribution is 5.78. The van der Waals surface area contributed by atoms with Gasteiger partial charge < -0.3 is 24.4 Å². The molecule has 0 radical (unpaired) electrons. The van der Waals surface area contributed by atoms with Crippen LogP contribution in [0, 0.1) is 0 Å². The van der Waals surface area contributed by atoms with Crippen molar-refractivity contribution in [2.75, 3.05) is 26.3 Å². The minimum atomic E-state index is -0.361. The Morgan fingerprint density at radius 3 is 2.17 bits per heavy atom. The lowest BCUT2D eigenvalue weighted by molar-refractivity contribution is -0.124. The summed E-state index contributed by atoms with van der Waals surface area (Å²) in [6, 6.07) is 16.2. The van der Waals surface area contributed by atoms with E-state index in [-0.39, 0.29) is 24.6 Å². The van der Waals surface area contributed by atoms with Crippen molar-refractivity contribution in [2.45, 2.75) is 25.8 Å². The third-order valence-electron chi connectivity index (χ3n) is 4.57. The largest absolute Gasteiger partial charge is 0.494 e. The number of piperidine rings is 1. The third-order valence-corrected chi connectivity index (χ3v) is 4.57. The summed E-state index contributed by atoms with van der Waals surface area (Å²) in [6.45, 7) is 3.55. The fourth-order valence-corrected chi connectivity index (χ4v) is 3.08. The summed E-state index contributed by atoms with van der Waals surface area (Å²) in [5.41, 5.74) is 0. The maximum atomic E-state index is 12.2. The van der Waals surface area contributed by atoms with Crippen LogP contribution in [0.25, 0.3) is 0 Å². The van der Waals surface area contributed by atoms with E-state index in [0.29, 0.717) is 44.0 Å². The highest BCUT2D eigenvalue weighted by Gasteiger charge is 2.25. The molecule has 2 aromatic rings. The van der Waals surface area contributed by atoms with Crippen LogP contribution in [0.15, 0.2) is 54.6 Å². The van der Waals surface area contributed by atoms with Gasteiger partial charge in [-0.2, -0.15) is 0 Å². The normalized spacial score (nSPS) is 14.2. The number of rotatable bonds is 7. The highest BCUT2D eigenvalue weighted by atomic mass is 16.6. The summed E-state index contributed by atoms with van der Waals surface area (Å²) in [7, 11) is 0. The molecule has 0 bridgehead atoms. The molecule has 7 nitrogen and oxygen atoms in total. The molecule has 1 heterocycles. The lowest BCUT2D eigenvalue weighted by Gasteiger charge is -2.31. The molecular formula is C22H26N2O5. The van der Waals surface area contributed by atoms with Crippen LogP contribution < -0.4 is 19.5 Å². The lowest BCUT2D eigenvalue weighted by atomic mass is 10.1. The van der Waals surface area contributed by atoms with Crippen molar-refractivity contribution >= 4 is 12.0 Å².